The first-order valence-corrected chi connectivity index (χ1v) is 7.45. The molecule has 0 aliphatic carbocycles. The predicted molar refractivity (Wildman–Crippen MR) is 77.0 cm³/mol. The fourth-order valence-corrected chi connectivity index (χ4v) is 4.14. The summed E-state index contributed by atoms with van der Waals surface area (Å²) in [5.74, 6) is 0. The molecule has 0 amide bonds. The minimum Gasteiger partial charge on any atom is -0.354 e. The van der Waals surface area contributed by atoms with Gasteiger partial charge in [-0.25, -0.2) is 9.97 Å². The Morgan fingerprint density at radius 2 is 1.29 bits per heavy atom. The third-order valence-corrected chi connectivity index (χ3v) is 5.44. The van der Waals surface area contributed by atoms with Crippen LogP contribution in [0.4, 0.5) is 10.3 Å². The highest BCUT2D eigenvalue weighted by Gasteiger charge is 2.08. The molecule has 2 heterocycles. The minimum absolute atomic E-state index is 1.03. The highest BCUT2D eigenvalue weighted by atomic mass is 32.2. The predicted octanol–water partition coefficient (Wildman–Crippen LogP) is 2.88. The summed E-state index contributed by atoms with van der Waals surface area (Å²) in [7, 11) is 8.02. The van der Waals surface area contributed by atoms with Crippen LogP contribution in [0, 0.1) is 0 Å². The molecule has 2 aromatic heterocycles. The van der Waals surface area contributed by atoms with Crippen molar-refractivity contribution in [3.05, 3.63) is 12.4 Å². The van der Waals surface area contributed by atoms with Crippen molar-refractivity contribution in [1.29, 1.82) is 0 Å². The van der Waals surface area contributed by atoms with E-state index in [0.29, 0.717) is 0 Å². The van der Waals surface area contributed by atoms with Crippen molar-refractivity contribution < 1.29 is 0 Å². The molecule has 0 saturated carbocycles. The van der Waals surface area contributed by atoms with Crippen LogP contribution in [0.15, 0.2) is 20.8 Å². The van der Waals surface area contributed by atoms with E-state index < -0.39 is 0 Å². The lowest BCUT2D eigenvalue weighted by molar-refractivity contribution is 1.10. The lowest BCUT2D eigenvalue weighted by atomic mass is 10.9. The number of nitrogens with zero attached hydrogens (tertiary/aromatic N) is 4. The molecule has 0 N–H and O–H groups in total. The first kappa shape index (κ1) is 12.7. The van der Waals surface area contributed by atoms with Gasteiger partial charge in [0.2, 0.25) is 0 Å². The zero-order valence-corrected chi connectivity index (χ0v) is 12.6. The number of hydrogen-bond donors (Lipinski definition) is 0. The third kappa shape index (κ3) is 3.11. The second kappa shape index (κ2) is 5.24. The van der Waals surface area contributed by atoms with Gasteiger partial charge in [0.25, 0.3) is 0 Å². The van der Waals surface area contributed by atoms with Gasteiger partial charge in [0, 0.05) is 28.2 Å². The van der Waals surface area contributed by atoms with Gasteiger partial charge >= 0.3 is 0 Å². The van der Waals surface area contributed by atoms with Gasteiger partial charge in [0.05, 0.1) is 20.8 Å². The van der Waals surface area contributed by atoms with Crippen molar-refractivity contribution in [1.82, 2.24) is 9.97 Å². The van der Waals surface area contributed by atoms with Crippen LogP contribution in [-0.2, 0) is 0 Å². The average molecular weight is 286 g/mol. The van der Waals surface area contributed by atoms with Crippen LogP contribution in [0.1, 0.15) is 0 Å². The SMILES string of the molecule is CN(C)c1ncc(Sc2cnc(N(C)C)s2)s1. The molecule has 4 nitrogen and oxygen atoms in total. The summed E-state index contributed by atoms with van der Waals surface area (Å²) < 4.78 is 2.39. The molecule has 0 fully saturated rings. The quantitative estimate of drug-likeness (QED) is 0.863. The van der Waals surface area contributed by atoms with Crippen molar-refractivity contribution >= 4 is 44.7 Å². The van der Waals surface area contributed by atoms with Gasteiger partial charge in [0.1, 0.15) is 0 Å². The van der Waals surface area contributed by atoms with Crippen LogP contribution in [0.3, 0.4) is 0 Å². The highest BCUT2D eigenvalue weighted by molar-refractivity contribution is 8.03. The molecule has 0 aliphatic rings. The zero-order chi connectivity index (χ0) is 12.4. The van der Waals surface area contributed by atoms with Gasteiger partial charge in [-0.3, -0.25) is 0 Å². The summed E-state index contributed by atoms with van der Waals surface area (Å²) in [6.45, 7) is 0. The second-order valence-corrected chi connectivity index (χ2v) is 7.43. The number of aromatic nitrogens is 2. The van der Waals surface area contributed by atoms with E-state index in [0.717, 1.165) is 10.3 Å². The van der Waals surface area contributed by atoms with Crippen LogP contribution in [0.5, 0.6) is 0 Å². The molecule has 2 rings (SSSR count). The van der Waals surface area contributed by atoms with Crippen molar-refractivity contribution in [2.24, 2.45) is 0 Å². The fraction of sp³-hybridized carbons (Fsp3) is 0.400. The highest BCUT2D eigenvalue weighted by Crippen LogP contribution is 2.38. The van der Waals surface area contributed by atoms with Crippen LogP contribution < -0.4 is 9.80 Å². The Hall–Kier alpha value is -0.790. The molecule has 2 aromatic rings. The summed E-state index contributed by atoms with van der Waals surface area (Å²) >= 11 is 5.12. The Balaban J connectivity index is 2.08. The molecule has 17 heavy (non-hydrogen) atoms. The number of thiazole rings is 2. The largest absolute Gasteiger partial charge is 0.354 e. The molecule has 92 valence electrons. The molecular weight excluding hydrogens is 272 g/mol. The van der Waals surface area contributed by atoms with Gasteiger partial charge in [-0.1, -0.05) is 34.4 Å². The van der Waals surface area contributed by atoms with E-state index in [-0.39, 0.29) is 0 Å². The molecule has 0 spiro atoms. The van der Waals surface area contributed by atoms with E-state index in [4.69, 9.17) is 0 Å². The van der Waals surface area contributed by atoms with Crippen molar-refractivity contribution in [2.75, 3.05) is 38.0 Å². The van der Waals surface area contributed by atoms with Gasteiger partial charge < -0.3 is 9.80 Å². The summed E-state index contributed by atoms with van der Waals surface area (Å²) in [4.78, 5) is 12.7. The Labute approximate surface area is 113 Å². The Kier molecular flexibility index (Phi) is 3.90. The van der Waals surface area contributed by atoms with Crippen LogP contribution in [0.2, 0.25) is 0 Å². The normalized spacial score (nSPS) is 10.6. The molecule has 7 heteroatoms. The fourth-order valence-electron chi connectivity index (χ4n) is 1.11. The van der Waals surface area contributed by atoms with Crippen molar-refractivity contribution in [2.45, 2.75) is 8.42 Å². The maximum atomic E-state index is 4.35. The molecule has 0 unspecified atom stereocenters. The molecule has 0 aromatic carbocycles. The molecule has 0 atom stereocenters. The van der Waals surface area contributed by atoms with E-state index in [1.807, 2.05) is 50.4 Å². The van der Waals surface area contributed by atoms with E-state index in [2.05, 4.69) is 9.97 Å². The smallest absolute Gasteiger partial charge is 0.185 e. The average Bonchev–Trinajstić information content (AvgIpc) is 2.87. The topological polar surface area (TPSA) is 32.3 Å². The number of hydrogen-bond acceptors (Lipinski definition) is 7. The lowest BCUT2D eigenvalue weighted by Gasteiger charge is -2.05. The second-order valence-electron chi connectivity index (χ2n) is 3.81. The summed E-state index contributed by atoms with van der Waals surface area (Å²) in [5.41, 5.74) is 0. The molecule has 0 bridgehead atoms. The third-order valence-electron chi connectivity index (χ3n) is 1.91. The van der Waals surface area contributed by atoms with Crippen LogP contribution in [-0.4, -0.2) is 38.2 Å². The molecule has 0 aliphatic heterocycles. The Morgan fingerprint density at radius 3 is 1.59 bits per heavy atom. The van der Waals surface area contributed by atoms with E-state index >= 15 is 0 Å². The summed E-state index contributed by atoms with van der Waals surface area (Å²) in [6.07, 6.45) is 3.83. The van der Waals surface area contributed by atoms with Crippen LogP contribution >= 0.6 is 34.4 Å². The summed E-state index contributed by atoms with van der Waals surface area (Å²) in [6, 6.07) is 0. The van der Waals surface area contributed by atoms with Crippen LogP contribution in [0.25, 0.3) is 0 Å². The Bertz CT molecular complexity index is 445. The zero-order valence-electron chi connectivity index (χ0n) is 10.2. The summed E-state index contributed by atoms with van der Waals surface area (Å²) in [5, 5.41) is 2.06. The monoisotopic (exact) mass is 286 g/mol. The van der Waals surface area contributed by atoms with Gasteiger partial charge in [-0.15, -0.1) is 0 Å². The van der Waals surface area contributed by atoms with E-state index in [1.54, 1.807) is 34.4 Å². The minimum atomic E-state index is 1.03. The molecule has 0 radical (unpaired) electrons. The first-order valence-electron chi connectivity index (χ1n) is 5.00. The van der Waals surface area contributed by atoms with Gasteiger partial charge in [0.15, 0.2) is 10.3 Å². The lowest BCUT2D eigenvalue weighted by Crippen LogP contribution is -2.07. The molecule has 0 saturated heterocycles. The molecular formula is C10H14N4S3. The number of anilines is 2. The van der Waals surface area contributed by atoms with Gasteiger partial charge in [-0.05, 0) is 0 Å². The number of rotatable bonds is 4. The van der Waals surface area contributed by atoms with Gasteiger partial charge in [-0.2, -0.15) is 0 Å². The Morgan fingerprint density at radius 1 is 0.882 bits per heavy atom. The maximum Gasteiger partial charge on any atom is 0.185 e. The van der Waals surface area contributed by atoms with E-state index in [9.17, 15) is 0 Å². The van der Waals surface area contributed by atoms with Crippen molar-refractivity contribution in [3.63, 3.8) is 0 Å². The maximum absolute atomic E-state index is 4.35. The van der Waals surface area contributed by atoms with Crippen molar-refractivity contribution in [3.8, 4) is 0 Å². The first-order chi connectivity index (χ1) is 8.06. The standard InChI is InChI=1S/C10H14N4S3/c1-13(2)9-11-5-7(16-9)15-8-6-12-10(17-8)14(3)4/h5-6H,1-4H3. The van der Waals surface area contributed by atoms with E-state index in [1.165, 1.54) is 8.42 Å².